The SMILES string of the molecule is C=C(C)C(N)C1(N(CC)CC)CCCC1. The van der Waals surface area contributed by atoms with Crippen molar-refractivity contribution in [2.24, 2.45) is 5.73 Å². The minimum Gasteiger partial charge on any atom is -0.323 e. The van der Waals surface area contributed by atoms with Gasteiger partial charge in [0.05, 0.1) is 0 Å². The lowest BCUT2D eigenvalue weighted by atomic mass is 9.83. The van der Waals surface area contributed by atoms with E-state index in [0.717, 1.165) is 18.7 Å². The predicted octanol–water partition coefficient (Wildman–Crippen LogP) is 2.54. The summed E-state index contributed by atoms with van der Waals surface area (Å²) in [6.07, 6.45) is 5.11. The Balaban J connectivity index is 2.91. The van der Waals surface area contributed by atoms with Crippen molar-refractivity contribution in [2.45, 2.75) is 58.0 Å². The first-order valence-electron chi connectivity index (χ1n) is 6.24. The minimum atomic E-state index is 0.139. The van der Waals surface area contributed by atoms with Crippen LogP contribution in [0.3, 0.4) is 0 Å². The highest BCUT2D eigenvalue weighted by Gasteiger charge is 2.43. The van der Waals surface area contributed by atoms with Crippen molar-refractivity contribution < 1.29 is 0 Å². The van der Waals surface area contributed by atoms with Crippen molar-refractivity contribution in [2.75, 3.05) is 13.1 Å². The van der Waals surface area contributed by atoms with Crippen molar-refractivity contribution in [1.29, 1.82) is 0 Å². The van der Waals surface area contributed by atoms with E-state index in [2.05, 4.69) is 32.3 Å². The van der Waals surface area contributed by atoms with Crippen LogP contribution in [0.15, 0.2) is 12.2 Å². The molecule has 0 aromatic rings. The van der Waals surface area contributed by atoms with Crippen molar-refractivity contribution in [3.05, 3.63) is 12.2 Å². The summed E-state index contributed by atoms with van der Waals surface area (Å²) in [6.45, 7) is 12.8. The highest BCUT2D eigenvalue weighted by molar-refractivity contribution is 5.15. The van der Waals surface area contributed by atoms with Gasteiger partial charge in [-0.3, -0.25) is 4.90 Å². The number of nitrogens with zero attached hydrogens (tertiary/aromatic N) is 1. The molecule has 0 aromatic carbocycles. The monoisotopic (exact) mass is 210 g/mol. The van der Waals surface area contributed by atoms with E-state index < -0.39 is 0 Å². The van der Waals surface area contributed by atoms with E-state index in [-0.39, 0.29) is 11.6 Å². The van der Waals surface area contributed by atoms with Crippen LogP contribution < -0.4 is 5.73 Å². The van der Waals surface area contributed by atoms with E-state index in [9.17, 15) is 0 Å². The molecule has 1 aliphatic rings. The lowest BCUT2D eigenvalue weighted by Gasteiger charge is -2.45. The van der Waals surface area contributed by atoms with Crippen LogP contribution >= 0.6 is 0 Å². The quantitative estimate of drug-likeness (QED) is 0.707. The fraction of sp³-hybridized carbons (Fsp3) is 0.846. The zero-order valence-electron chi connectivity index (χ0n) is 10.6. The lowest BCUT2D eigenvalue weighted by molar-refractivity contribution is 0.0883. The fourth-order valence-electron chi connectivity index (χ4n) is 3.12. The zero-order valence-corrected chi connectivity index (χ0v) is 10.6. The molecule has 1 rings (SSSR count). The molecule has 1 fully saturated rings. The van der Waals surface area contributed by atoms with Crippen LogP contribution in [0.2, 0.25) is 0 Å². The van der Waals surface area contributed by atoms with Crippen molar-refractivity contribution >= 4 is 0 Å². The highest BCUT2D eigenvalue weighted by Crippen LogP contribution is 2.39. The number of hydrogen-bond donors (Lipinski definition) is 1. The average Bonchev–Trinajstić information content (AvgIpc) is 2.68. The molecule has 0 heterocycles. The van der Waals surface area contributed by atoms with Crippen LogP contribution in [-0.2, 0) is 0 Å². The molecule has 0 radical (unpaired) electrons. The first-order chi connectivity index (χ1) is 7.08. The minimum absolute atomic E-state index is 0.139. The molecule has 2 nitrogen and oxygen atoms in total. The Morgan fingerprint density at radius 3 is 2.13 bits per heavy atom. The zero-order chi connectivity index (χ0) is 11.5. The van der Waals surface area contributed by atoms with E-state index in [4.69, 9.17) is 5.73 Å². The molecule has 1 unspecified atom stereocenters. The van der Waals surface area contributed by atoms with Crippen molar-refractivity contribution in [3.63, 3.8) is 0 Å². The van der Waals surface area contributed by atoms with Gasteiger partial charge >= 0.3 is 0 Å². The van der Waals surface area contributed by atoms with E-state index in [1.54, 1.807) is 0 Å². The molecule has 0 saturated heterocycles. The molecule has 1 aliphatic carbocycles. The third-order valence-electron chi connectivity index (χ3n) is 3.97. The Bertz CT molecular complexity index is 213. The standard InChI is InChI=1S/C13H26N2/c1-5-15(6-2)13(9-7-8-10-13)12(14)11(3)4/h12H,3,5-10,14H2,1-2,4H3. The third kappa shape index (κ3) is 2.26. The Hall–Kier alpha value is -0.340. The molecule has 88 valence electrons. The smallest absolute Gasteiger partial charge is 0.0436 e. The first-order valence-corrected chi connectivity index (χ1v) is 6.24. The van der Waals surface area contributed by atoms with Gasteiger partial charge in [-0.2, -0.15) is 0 Å². The van der Waals surface area contributed by atoms with Gasteiger partial charge in [0.2, 0.25) is 0 Å². The number of likely N-dealkylation sites (N-methyl/N-ethyl adjacent to an activating group) is 1. The molecule has 15 heavy (non-hydrogen) atoms. The van der Waals surface area contributed by atoms with Crippen LogP contribution in [0.5, 0.6) is 0 Å². The fourth-order valence-corrected chi connectivity index (χ4v) is 3.12. The Kier molecular flexibility index (Phi) is 4.35. The van der Waals surface area contributed by atoms with E-state index in [1.165, 1.54) is 25.7 Å². The second kappa shape index (κ2) is 5.13. The van der Waals surface area contributed by atoms with Crippen molar-refractivity contribution in [1.82, 2.24) is 4.90 Å². The summed E-state index contributed by atoms with van der Waals surface area (Å²) in [5.74, 6) is 0. The molecule has 2 heteroatoms. The number of nitrogens with two attached hydrogens (primary N) is 1. The van der Waals surface area contributed by atoms with E-state index >= 15 is 0 Å². The van der Waals surface area contributed by atoms with Gasteiger partial charge in [-0.25, -0.2) is 0 Å². The Morgan fingerprint density at radius 1 is 1.33 bits per heavy atom. The molecule has 0 amide bonds. The molecular formula is C13H26N2. The van der Waals surface area contributed by atoms with Crippen LogP contribution in [0.1, 0.15) is 46.5 Å². The average molecular weight is 210 g/mol. The van der Waals surface area contributed by atoms with Crippen LogP contribution in [0, 0.1) is 0 Å². The molecule has 0 spiro atoms. The molecule has 1 saturated carbocycles. The molecule has 2 N–H and O–H groups in total. The number of rotatable bonds is 5. The van der Waals surface area contributed by atoms with E-state index in [1.807, 2.05) is 0 Å². The summed E-state index contributed by atoms with van der Waals surface area (Å²) in [5.41, 5.74) is 7.70. The normalized spacial score (nSPS) is 21.9. The van der Waals surface area contributed by atoms with Gasteiger partial charge in [0.15, 0.2) is 0 Å². The van der Waals surface area contributed by atoms with Crippen LogP contribution in [0.4, 0.5) is 0 Å². The molecule has 0 bridgehead atoms. The molecule has 1 atom stereocenters. The maximum Gasteiger partial charge on any atom is 0.0436 e. The maximum atomic E-state index is 6.37. The largest absolute Gasteiger partial charge is 0.323 e. The third-order valence-corrected chi connectivity index (χ3v) is 3.97. The van der Waals surface area contributed by atoms with Gasteiger partial charge in [-0.1, -0.05) is 38.8 Å². The molecule has 0 aliphatic heterocycles. The number of hydrogen-bond acceptors (Lipinski definition) is 2. The van der Waals surface area contributed by atoms with Gasteiger partial charge in [0.25, 0.3) is 0 Å². The summed E-state index contributed by atoms with van der Waals surface area (Å²) in [4.78, 5) is 2.54. The molecule has 0 aromatic heterocycles. The Labute approximate surface area is 94.5 Å². The first kappa shape index (κ1) is 12.7. The summed E-state index contributed by atoms with van der Waals surface area (Å²) in [7, 11) is 0. The summed E-state index contributed by atoms with van der Waals surface area (Å²) < 4.78 is 0. The van der Waals surface area contributed by atoms with Gasteiger partial charge in [0, 0.05) is 11.6 Å². The summed E-state index contributed by atoms with van der Waals surface area (Å²) in [6, 6.07) is 0.139. The lowest BCUT2D eigenvalue weighted by Crippen LogP contribution is -2.58. The van der Waals surface area contributed by atoms with E-state index in [0.29, 0.717) is 0 Å². The van der Waals surface area contributed by atoms with Crippen LogP contribution in [0.25, 0.3) is 0 Å². The topological polar surface area (TPSA) is 29.3 Å². The molecular weight excluding hydrogens is 184 g/mol. The van der Waals surface area contributed by atoms with Gasteiger partial charge in [-0.15, -0.1) is 0 Å². The van der Waals surface area contributed by atoms with Crippen molar-refractivity contribution in [3.8, 4) is 0 Å². The van der Waals surface area contributed by atoms with Gasteiger partial charge in [0.1, 0.15) is 0 Å². The predicted molar refractivity (Wildman–Crippen MR) is 66.9 cm³/mol. The summed E-state index contributed by atoms with van der Waals surface area (Å²) >= 11 is 0. The second-order valence-electron chi connectivity index (χ2n) is 4.81. The highest BCUT2D eigenvalue weighted by atomic mass is 15.2. The van der Waals surface area contributed by atoms with Crippen LogP contribution in [-0.4, -0.2) is 29.6 Å². The van der Waals surface area contributed by atoms with Gasteiger partial charge < -0.3 is 5.73 Å². The van der Waals surface area contributed by atoms with Gasteiger partial charge in [-0.05, 0) is 32.9 Å². The second-order valence-corrected chi connectivity index (χ2v) is 4.81. The summed E-state index contributed by atoms with van der Waals surface area (Å²) in [5, 5.41) is 0. The Morgan fingerprint density at radius 2 is 1.80 bits per heavy atom. The maximum absolute atomic E-state index is 6.37.